The second-order valence-electron chi connectivity index (χ2n) is 4.79. The van der Waals surface area contributed by atoms with Crippen LogP contribution < -0.4 is 5.73 Å². The molecule has 0 saturated heterocycles. The summed E-state index contributed by atoms with van der Waals surface area (Å²) in [6.07, 6.45) is 14.6. The normalized spacial score (nSPS) is 12.9. The largest absolute Gasteiger partial charge is 0.330 e. The van der Waals surface area contributed by atoms with E-state index in [9.17, 15) is 0 Å². The summed E-state index contributed by atoms with van der Waals surface area (Å²) in [6.45, 7) is 3.00. The van der Waals surface area contributed by atoms with E-state index in [0.29, 0.717) is 5.38 Å². The van der Waals surface area contributed by atoms with Crippen LogP contribution in [0.25, 0.3) is 0 Å². The predicted octanol–water partition coefficient (Wildman–Crippen LogP) is 4.86. The topological polar surface area (TPSA) is 26.0 Å². The third kappa shape index (κ3) is 12.3. The first-order valence-electron chi connectivity index (χ1n) is 7.15. The Bertz CT molecular complexity index is 128. The van der Waals surface area contributed by atoms with E-state index in [1.165, 1.54) is 57.8 Å². The van der Waals surface area contributed by atoms with Crippen LogP contribution in [0.3, 0.4) is 0 Å². The van der Waals surface area contributed by atoms with E-state index in [1.807, 2.05) is 0 Å². The van der Waals surface area contributed by atoms with E-state index in [0.717, 1.165) is 19.4 Å². The molecule has 0 aliphatic rings. The van der Waals surface area contributed by atoms with Gasteiger partial charge in [0.2, 0.25) is 0 Å². The monoisotopic (exact) mass is 247 g/mol. The van der Waals surface area contributed by atoms with E-state index in [2.05, 4.69) is 6.92 Å². The van der Waals surface area contributed by atoms with Crippen molar-refractivity contribution in [3.8, 4) is 0 Å². The summed E-state index contributed by atoms with van der Waals surface area (Å²) in [5, 5.41) is 0.314. The molecule has 0 aromatic rings. The van der Waals surface area contributed by atoms with Crippen molar-refractivity contribution in [1.82, 2.24) is 0 Å². The average molecular weight is 248 g/mol. The molecule has 2 N–H and O–H groups in total. The Morgan fingerprint density at radius 1 is 0.812 bits per heavy atom. The van der Waals surface area contributed by atoms with E-state index in [-0.39, 0.29) is 0 Å². The predicted molar refractivity (Wildman–Crippen MR) is 75.2 cm³/mol. The maximum absolute atomic E-state index is 6.10. The first kappa shape index (κ1) is 16.2. The highest BCUT2D eigenvalue weighted by Gasteiger charge is 2.02. The van der Waals surface area contributed by atoms with Gasteiger partial charge >= 0.3 is 0 Å². The van der Waals surface area contributed by atoms with Crippen LogP contribution in [0.4, 0.5) is 0 Å². The number of nitrogens with two attached hydrogens (primary N) is 1. The molecule has 0 aromatic carbocycles. The fraction of sp³-hybridized carbons (Fsp3) is 1.00. The molecule has 0 aliphatic carbocycles. The summed E-state index contributed by atoms with van der Waals surface area (Å²) in [6, 6.07) is 0. The van der Waals surface area contributed by atoms with Gasteiger partial charge in [-0.15, -0.1) is 11.6 Å². The van der Waals surface area contributed by atoms with Gasteiger partial charge < -0.3 is 5.73 Å². The van der Waals surface area contributed by atoms with Crippen molar-refractivity contribution in [2.24, 2.45) is 5.73 Å². The summed E-state index contributed by atoms with van der Waals surface area (Å²) in [7, 11) is 0. The molecule has 0 spiro atoms. The Labute approximate surface area is 107 Å². The molecule has 1 atom stereocenters. The number of rotatable bonds is 12. The zero-order valence-corrected chi connectivity index (χ0v) is 11.8. The van der Waals surface area contributed by atoms with Crippen molar-refractivity contribution in [1.29, 1.82) is 0 Å². The van der Waals surface area contributed by atoms with Crippen LogP contribution in [0, 0.1) is 0 Å². The van der Waals surface area contributed by atoms with Crippen molar-refractivity contribution in [2.45, 2.75) is 82.9 Å². The lowest BCUT2D eigenvalue weighted by Crippen LogP contribution is -2.07. The molecule has 0 amide bonds. The van der Waals surface area contributed by atoms with E-state index < -0.39 is 0 Å². The molecular weight excluding hydrogens is 218 g/mol. The molecule has 0 radical (unpaired) electrons. The number of halogens is 1. The van der Waals surface area contributed by atoms with Gasteiger partial charge in [-0.25, -0.2) is 0 Å². The number of hydrogen-bond donors (Lipinski definition) is 1. The minimum atomic E-state index is 0.314. The standard InChI is InChI=1S/C14H30ClN/c1-2-3-4-5-6-7-8-9-10-11-14(15)12-13-16/h14H,2-13,16H2,1H3. The Morgan fingerprint density at radius 3 is 1.81 bits per heavy atom. The Kier molecular flexibility index (Phi) is 13.5. The van der Waals surface area contributed by atoms with Crippen LogP contribution in [0.5, 0.6) is 0 Å². The lowest BCUT2D eigenvalue weighted by molar-refractivity contribution is 0.547. The summed E-state index contributed by atoms with van der Waals surface area (Å²) in [5.41, 5.74) is 5.45. The van der Waals surface area contributed by atoms with Crippen molar-refractivity contribution < 1.29 is 0 Å². The van der Waals surface area contributed by atoms with Gasteiger partial charge in [-0.1, -0.05) is 64.7 Å². The quantitative estimate of drug-likeness (QED) is 0.387. The molecule has 0 aliphatic heterocycles. The Balaban J connectivity index is 2.98. The maximum atomic E-state index is 6.10. The smallest absolute Gasteiger partial charge is 0.0348 e. The SMILES string of the molecule is CCCCCCCCCCCC(Cl)CCN. The molecule has 2 heteroatoms. The lowest BCUT2D eigenvalue weighted by Gasteiger charge is -2.07. The summed E-state index contributed by atoms with van der Waals surface area (Å²) >= 11 is 6.10. The Hall–Kier alpha value is 0.250. The molecule has 16 heavy (non-hydrogen) atoms. The second-order valence-corrected chi connectivity index (χ2v) is 5.41. The van der Waals surface area contributed by atoms with Crippen LogP contribution in [-0.2, 0) is 0 Å². The molecule has 0 fully saturated rings. The zero-order chi connectivity index (χ0) is 12.1. The molecule has 1 unspecified atom stereocenters. The molecule has 0 heterocycles. The fourth-order valence-corrected chi connectivity index (χ4v) is 2.28. The minimum Gasteiger partial charge on any atom is -0.330 e. The first-order valence-corrected chi connectivity index (χ1v) is 7.59. The van der Waals surface area contributed by atoms with Crippen molar-refractivity contribution in [2.75, 3.05) is 6.54 Å². The average Bonchev–Trinajstić information content (AvgIpc) is 2.27. The number of hydrogen-bond acceptors (Lipinski definition) is 1. The first-order chi connectivity index (χ1) is 7.81. The molecule has 0 rings (SSSR count). The van der Waals surface area contributed by atoms with Crippen LogP contribution in [0.15, 0.2) is 0 Å². The summed E-state index contributed by atoms with van der Waals surface area (Å²) in [5.74, 6) is 0. The lowest BCUT2D eigenvalue weighted by atomic mass is 10.1. The van der Waals surface area contributed by atoms with Gasteiger partial charge in [-0.2, -0.15) is 0 Å². The molecule has 0 saturated carbocycles. The molecule has 0 aromatic heterocycles. The van der Waals surface area contributed by atoms with Crippen LogP contribution >= 0.6 is 11.6 Å². The van der Waals surface area contributed by atoms with Gasteiger partial charge in [0.15, 0.2) is 0 Å². The van der Waals surface area contributed by atoms with Gasteiger partial charge in [0.1, 0.15) is 0 Å². The second kappa shape index (κ2) is 13.3. The zero-order valence-electron chi connectivity index (χ0n) is 11.0. The third-order valence-electron chi connectivity index (χ3n) is 3.10. The van der Waals surface area contributed by atoms with Crippen LogP contribution in [-0.4, -0.2) is 11.9 Å². The highest BCUT2D eigenvalue weighted by atomic mass is 35.5. The van der Waals surface area contributed by atoms with E-state index >= 15 is 0 Å². The highest BCUT2D eigenvalue weighted by Crippen LogP contribution is 2.14. The van der Waals surface area contributed by atoms with Crippen molar-refractivity contribution >= 4 is 11.6 Å². The van der Waals surface area contributed by atoms with Crippen LogP contribution in [0.1, 0.15) is 77.6 Å². The number of alkyl halides is 1. The van der Waals surface area contributed by atoms with Gasteiger partial charge in [-0.3, -0.25) is 0 Å². The maximum Gasteiger partial charge on any atom is 0.0348 e. The minimum absolute atomic E-state index is 0.314. The van der Waals surface area contributed by atoms with Gasteiger partial charge in [0.25, 0.3) is 0 Å². The van der Waals surface area contributed by atoms with Crippen molar-refractivity contribution in [3.63, 3.8) is 0 Å². The summed E-state index contributed by atoms with van der Waals surface area (Å²) in [4.78, 5) is 0. The van der Waals surface area contributed by atoms with Crippen molar-refractivity contribution in [3.05, 3.63) is 0 Å². The molecular formula is C14H30ClN. The molecule has 98 valence electrons. The van der Waals surface area contributed by atoms with Gasteiger partial charge in [0, 0.05) is 5.38 Å². The molecule has 0 bridgehead atoms. The van der Waals surface area contributed by atoms with E-state index in [4.69, 9.17) is 17.3 Å². The molecule has 1 nitrogen and oxygen atoms in total. The fourth-order valence-electron chi connectivity index (χ4n) is 2.00. The van der Waals surface area contributed by atoms with E-state index in [1.54, 1.807) is 0 Å². The van der Waals surface area contributed by atoms with Gasteiger partial charge in [-0.05, 0) is 19.4 Å². The summed E-state index contributed by atoms with van der Waals surface area (Å²) < 4.78 is 0. The third-order valence-corrected chi connectivity index (χ3v) is 3.54. The Morgan fingerprint density at radius 2 is 1.31 bits per heavy atom. The van der Waals surface area contributed by atoms with Crippen LogP contribution in [0.2, 0.25) is 0 Å². The number of unbranched alkanes of at least 4 members (excludes halogenated alkanes) is 8. The van der Waals surface area contributed by atoms with Gasteiger partial charge in [0.05, 0.1) is 0 Å². The highest BCUT2D eigenvalue weighted by molar-refractivity contribution is 6.20.